The van der Waals surface area contributed by atoms with Crippen LogP contribution in [0.25, 0.3) is 0 Å². The highest BCUT2D eigenvalue weighted by Gasteiger charge is 2.20. The van der Waals surface area contributed by atoms with E-state index in [0.29, 0.717) is 5.92 Å². The van der Waals surface area contributed by atoms with Gasteiger partial charge in [0, 0.05) is 6.04 Å². The zero-order chi connectivity index (χ0) is 12.0. The topological polar surface area (TPSA) is 55.1 Å². The lowest BCUT2D eigenvalue weighted by atomic mass is 9.98. The van der Waals surface area contributed by atoms with Gasteiger partial charge in [-0.15, -0.1) is 0 Å². The molecule has 3 unspecified atom stereocenters. The zero-order valence-electron chi connectivity index (χ0n) is 10.7. The first-order valence-electron chi connectivity index (χ1n) is 5.94. The number of carbonyl (C=O) groups excluding carboxylic acids is 1. The Morgan fingerprint density at radius 3 is 2.20 bits per heavy atom. The fraction of sp³-hybridized carbons (Fsp3) is 0.917. The average molecular weight is 214 g/mol. The van der Waals surface area contributed by atoms with Crippen LogP contribution in [-0.2, 0) is 4.79 Å². The molecule has 1 amide bonds. The number of amides is 1. The van der Waals surface area contributed by atoms with E-state index in [0.717, 1.165) is 12.8 Å². The molecule has 0 aromatic carbocycles. The summed E-state index contributed by atoms with van der Waals surface area (Å²) in [5.74, 6) is 0.828. The average Bonchev–Trinajstić information content (AvgIpc) is 2.13. The molecule has 0 aromatic heterocycles. The molecule has 0 aliphatic heterocycles. The molecule has 0 heterocycles. The van der Waals surface area contributed by atoms with Crippen molar-refractivity contribution in [3.63, 3.8) is 0 Å². The predicted octanol–water partition coefficient (Wildman–Crippen LogP) is 1.91. The van der Waals surface area contributed by atoms with Gasteiger partial charge in [0.2, 0.25) is 5.91 Å². The van der Waals surface area contributed by atoms with Crippen LogP contribution in [0.1, 0.15) is 47.5 Å². The Morgan fingerprint density at radius 1 is 1.27 bits per heavy atom. The quantitative estimate of drug-likeness (QED) is 0.709. The third-order valence-corrected chi connectivity index (χ3v) is 2.77. The number of nitrogens with two attached hydrogens (primary N) is 1. The maximum atomic E-state index is 11.7. The summed E-state index contributed by atoms with van der Waals surface area (Å²) in [4.78, 5) is 11.7. The standard InChI is InChI=1S/C12H26N2O/c1-6-9(4)11(13)12(15)14-10(5)7-8(2)3/h8-11H,6-7,13H2,1-5H3,(H,14,15). The predicted molar refractivity (Wildman–Crippen MR) is 64.5 cm³/mol. The molecular weight excluding hydrogens is 188 g/mol. The molecule has 0 radical (unpaired) electrons. The number of rotatable bonds is 6. The van der Waals surface area contributed by atoms with Crippen molar-refractivity contribution in [3.8, 4) is 0 Å². The molecule has 0 fully saturated rings. The van der Waals surface area contributed by atoms with Crippen LogP contribution in [0, 0.1) is 11.8 Å². The summed E-state index contributed by atoms with van der Waals surface area (Å²) in [5, 5.41) is 2.96. The molecule has 3 atom stereocenters. The molecule has 0 rings (SSSR count). The van der Waals surface area contributed by atoms with Gasteiger partial charge in [-0.3, -0.25) is 4.79 Å². The van der Waals surface area contributed by atoms with E-state index < -0.39 is 0 Å². The molecule has 0 bridgehead atoms. The minimum Gasteiger partial charge on any atom is -0.352 e. The molecular formula is C12H26N2O. The summed E-state index contributed by atoms with van der Waals surface area (Å²) in [6.45, 7) is 10.4. The van der Waals surface area contributed by atoms with Gasteiger partial charge in [0.1, 0.15) is 0 Å². The second-order valence-corrected chi connectivity index (χ2v) is 4.95. The van der Waals surface area contributed by atoms with Crippen molar-refractivity contribution in [2.75, 3.05) is 0 Å². The molecule has 3 N–H and O–H groups in total. The smallest absolute Gasteiger partial charge is 0.237 e. The Balaban J connectivity index is 4.01. The van der Waals surface area contributed by atoms with E-state index in [2.05, 4.69) is 26.1 Å². The van der Waals surface area contributed by atoms with Gasteiger partial charge in [0.25, 0.3) is 0 Å². The molecule has 0 saturated heterocycles. The third-order valence-electron chi connectivity index (χ3n) is 2.77. The second kappa shape index (κ2) is 6.83. The number of carbonyl (C=O) groups is 1. The van der Waals surface area contributed by atoms with Crippen LogP contribution in [0.4, 0.5) is 0 Å². The Labute approximate surface area is 93.8 Å². The summed E-state index contributed by atoms with van der Waals surface area (Å²) in [7, 11) is 0. The van der Waals surface area contributed by atoms with E-state index in [-0.39, 0.29) is 23.9 Å². The normalized spacial score (nSPS) is 17.3. The van der Waals surface area contributed by atoms with Crippen molar-refractivity contribution < 1.29 is 4.79 Å². The minimum atomic E-state index is -0.371. The van der Waals surface area contributed by atoms with Crippen LogP contribution < -0.4 is 11.1 Å². The number of hydrogen-bond donors (Lipinski definition) is 2. The second-order valence-electron chi connectivity index (χ2n) is 4.95. The molecule has 0 aromatic rings. The summed E-state index contributed by atoms with van der Waals surface area (Å²) in [6, 6.07) is -0.155. The summed E-state index contributed by atoms with van der Waals surface area (Å²) < 4.78 is 0. The Bertz CT molecular complexity index is 192. The first-order valence-corrected chi connectivity index (χ1v) is 5.94. The lowest BCUT2D eigenvalue weighted by Gasteiger charge is -2.22. The van der Waals surface area contributed by atoms with E-state index in [1.165, 1.54) is 0 Å². The maximum absolute atomic E-state index is 11.7. The maximum Gasteiger partial charge on any atom is 0.237 e. The van der Waals surface area contributed by atoms with E-state index >= 15 is 0 Å². The Hall–Kier alpha value is -0.570. The molecule has 15 heavy (non-hydrogen) atoms. The van der Waals surface area contributed by atoms with E-state index in [4.69, 9.17) is 5.73 Å². The SMILES string of the molecule is CCC(C)C(N)C(=O)NC(C)CC(C)C. The highest BCUT2D eigenvalue weighted by atomic mass is 16.2. The van der Waals surface area contributed by atoms with Crippen molar-refractivity contribution in [2.45, 2.75) is 59.5 Å². The third kappa shape index (κ3) is 5.78. The molecule has 90 valence electrons. The molecule has 0 aliphatic rings. The highest BCUT2D eigenvalue weighted by molar-refractivity contribution is 5.82. The largest absolute Gasteiger partial charge is 0.352 e. The molecule has 3 heteroatoms. The van der Waals surface area contributed by atoms with Crippen molar-refractivity contribution in [3.05, 3.63) is 0 Å². The number of hydrogen-bond acceptors (Lipinski definition) is 2. The molecule has 0 aliphatic carbocycles. The van der Waals surface area contributed by atoms with Crippen LogP contribution in [0.5, 0.6) is 0 Å². The molecule has 3 nitrogen and oxygen atoms in total. The Kier molecular flexibility index (Phi) is 6.57. The highest BCUT2D eigenvalue weighted by Crippen LogP contribution is 2.07. The van der Waals surface area contributed by atoms with Gasteiger partial charge < -0.3 is 11.1 Å². The lowest BCUT2D eigenvalue weighted by Crippen LogP contribution is -2.47. The van der Waals surface area contributed by atoms with Crippen LogP contribution >= 0.6 is 0 Å². The van der Waals surface area contributed by atoms with Crippen molar-refractivity contribution in [1.82, 2.24) is 5.32 Å². The van der Waals surface area contributed by atoms with Crippen LogP contribution in [0.2, 0.25) is 0 Å². The van der Waals surface area contributed by atoms with Crippen molar-refractivity contribution >= 4 is 5.91 Å². The van der Waals surface area contributed by atoms with Gasteiger partial charge in [0.05, 0.1) is 6.04 Å². The Morgan fingerprint density at radius 2 is 1.80 bits per heavy atom. The number of nitrogens with one attached hydrogen (secondary N) is 1. The summed E-state index contributed by atoms with van der Waals surface area (Å²) >= 11 is 0. The van der Waals surface area contributed by atoms with Crippen LogP contribution in [0.3, 0.4) is 0 Å². The van der Waals surface area contributed by atoms with Crippen LogP contribution in [0.15, 0.2) is 0 Å². The van der Waals surface area contributed by atoms with Gasteiger partial charge in [-0.1, -0.05) is 34.1 Å². The van der Waals surface area contributed by atoms with Crippen LogP contribution in [-0.4, -0.2) is 18.0 Å². The van der Waals surface area contributed by atoms with Gasteiger partial charge in [0.15, 0.2) is 0 Å². The lowest BCUT2D eigenvalue weighted by molar-refractivity contribution is -0.124. The van der Waals surface area contributed by atoms with Crippen molar-refractivity contribution in [1.29, 1.82) is 0 Å². The van der Waals surface area contributed by atoms with Gasteiger partial charge in [-0.25, -0.2) is 0 Å². The first kappa shape index (κ1) is 14.4. The van der Waals surface area contributed by atoms with E-state index in [9.17, 15) is 4.79 Å². The van der Waals surface area contributed by atoms with Crippen molar-refractivity contribution in [2.24, 2.45) is 17.6 Å². The van der Waals surface area contributed by atoms with Gasteiger partial charge in [-0.05, 0) is 25.2 Å². The fourth-order valence-electron chi connectivity index (χ4n) is 1.62. The minimum absolute atomic E-state index is 0.0162. The van der Waals surface area contributed by atoms with Gasteiger partial charge >= 0.3 is 0 Å². The van der Waals surface area contributed by atoms with Gasteiger partial charge in [-0.2, -0.15) is 0 Å². The van der Waals surface area contributed by atoms with E-state index in [1.807, 2.05) is 13.8 Å². The fourth-order valence-corrected chi connectivity index (χ4v) is 1.62. The first-order chi connectivity index (χ1) is 6.88. The zero-order valence-corrected chi connectivity index (χ0v) is 10.7. The summed E-state index contributed by atoms with van der Waals surface area (Å²) in [6.07, 6.45) is 1.94. The summed E-state index contributed by atoms with van der Waals surface area (Å²) in [5.41, 5.74) is 5.84. The van der Waals surface area contributed by atoms with E-state index in [1.54, 1.807) is 0 Å². The molecule has 0 spiro atoms. The molecule has 0 saturated carbocycles. The monoisotopic (exact) mass is 214 g/mol.